The molecule has 0 aliphatic carbocycles. The second-order valence-corrected chi connectivity index (χ2v) is 6.86. The number of pyridine rings is 1. The van der Waals surface area contributed by atoms with Crippen LogP contribution in [0.25, 0.3) is 11.3 Å². The summed E-state index contributed by atoms with van der Waals surface area (Å²) in [4.78, 5) is 31.8. The van der Waals surface area contributed by atoms with Crippen LogP contribution in [-0.2, 0) is 22.1 Å². The van der Waals surface area contributed by atoms with Gasteiger partial charge in [0.25, 0.3) is 0 Å². The number of carbonyl (C=O) groups excluding carboxylic acids is 1. The first kappa shape index (κ1) is 22.1. The molecule has 0 fully saturated rings. The molecule has 0 atom stereocenters. The quantitative estimate of drug-likeness (QED) is 0.586. The Labute approximate surface area is 177 Å². The zero-order chi connectivity index (χ0) is 22.6. The highest BCUT2D eigenvalue weighted by atomic mass is 19.3. The predicted molar refractivity (Wildman–Crippen MR) is 110 cm³/mol. The van der Waals surface area contributed by atoms with E-state index in [9.17, 15) is 13.6 Å². The standard InChI is InChI=1S/C20H21F2N7O2/c1-11-5-18(29-19(26-11)20(3,21)22)28-16-7-17(27-12(2)30)23-8-14(16)15-6-13(9-31-4)24-10-25-15/h5-8,10H,9H2,1-4H3,(H2,23,26,27,28,29,30). The Bertz CT molecular complexity index is 1100. The fourth-order valence-corrected chi connectivity index (χ4v) is 2.75. The third-order valence-electron chi connectivity index (χ3n) is 4.01. The molecule has 0 aliphatic rings. The van der Waals surface area contributed by atoms with E-state index in [1.807, 2.05) is 0 Å². The summed E-state index contributed by atoms with van der Waals surface area (Å²) in [7, 11) is 1.55. The molecule has 0 aromatic carbocycles. The molecule has 0 unspecified atom stereocenters. The summed E-state index contributed by atoms with van der Waals surface area (Å²) >= 11 is 0. The van der Waals surface area contributed by atoms with E-state index in [0.717, 1.165) is 6.92 Å². The van der Waals surface area contributed by atoms with Gasteiger partial charge in [0.2, 0.25) is 11.7 Å². The zero-order valence-electron chi connectivity index (χ0n) is 17.4. The van der Waals surface area contributed by atoms with Crippen molar-refractivity contribution in [3.8, 4) is 11.3 Å². The minimum Gasteiger partial charge on any atom is -0.378 e. The molecule has 0 saturated heterocycles. The Hall–Kier alpha value is -3.60. The van der Waals surface area contributed by atoms with Gasteiger partial charge in [-0.05, 0) is 13.0 Å². The van der Waals surface area contributed by atoms with E-state index >= 15 is 0 Å². The van der Waals surface area contributed by atoms with Gasteiger partial charge >= 0.3 is 5.92 Å². The highest BCUT2D eigenvalue weighted by Gasteiger charge is 2.29. The van der Waals surface area contributed by atoms with Crippen LogP contribution >= 0.6 is 0 Å². The van der Waals surface area contributed by atoms with E-state index in [4.69, 9.17) is 4.74 Å². The number of nitrogens with zero attached hydrogens (tertiary/aromatic N) is 5. The first-order valence-electron chi connectivity index (χ1n) is 9.24. The SMILES string of the molecule is COCc1cc(-c2cnc(NC(C)=O)cc2Nc2cc(C)nc(C(C)(F)F)n2)ncn1. The minimum absolute atomic E-state index is 0.163. The Morgan fingerprint density at radius 1 is 1.13 bits per heavy atom. The molecular formula is C20H21F2N7O2. The number of hydrogen-bond donors (Lipinski definition) is 2. The number of carbonyl (C=O) groups is 1. The van der Waals surface area contributed by atoms with Crippen molar-refractivity contribution in [1.82, 2.24) is 24.9 Å². The van der Waals surface area contributed by atoms with Crippen LogP contribution in [0.3, 0.4) is 0 Å². The normalized spacial score (nSPS) is 11.3. The first-order chi connectivity index (χ1) is 14.7. The summed E-state index contributed by atoms with van der Waals surface area (Å²) in [5.41, 5.74) is 2.55. The zero-order valence-corrected chi connectivity index (χ0v) is 17.4. The van der Waals surface area contributed by atoms with Crippen LogP contribution in [0.4, 0.5) is 26.1 Å². The van der Waals surface area contributed by atoms with Crippen LogP contribution in [0.15, 0.2) is 30.7 Å². The molecule has 1 amide bonds. The fraction of sp³-hybridized carbons (Fsp3) is 0.300. The van der Waals surface area contributed by atoms with E-state index < -0.39 is 11.7 Å². The van der Waals surface area contributed by atoms with Gasteiger partial charge in [-0.15, -0.1) is 0 Å². The molecule has 0 saturated carbocycles. The van der Waals surface area contributed by atoms with Crippen LogP contribution in [0.5, 0.6) is 0 Å². The molecule has 0 aliphatic heterocycles. The lowest BCUT2D eigenvalue weighted by Gasteiger charge is -2.15. The first-order valence-corrected chi connectivity index (χ1v) is 9.24. The van der Waals surface area contributed by atoms with Gasteiger partial charge in [0.15, 0.2) is 0 Å². The summed E-state index contributed by atoms with van der Waals surface area (Å²) in [6.45, 7) is 3.97. The summed E-state index contributed by atoms with van der Waals surface area (Å²) in [6.07, 6.45) is 2.90. The molecule has 2 N–H and O–H groups in total. The van der Waals surface area contributed by atoms with Gasteiger partial charge < -0.3 is 15.4 Å². The Morgan fingerprint density at radius 2 is 1.90 bits per heavy atom. The monoisotopic (exact) mass is 429 g/mol. The van der Waals surface area contributed by atoms with Crippen LogP contribution in [0, 0.1) is 6.92 Å². The molecule has 162 valence electrons. The summed E-state index contributed by atoms with van der Waals surface area (Å²) in [5.74, 6) is -3.67. The third-order valence-corrected chi connectivity index (χ3v) is 4.01. The summed E-state index contributed by atoms with van der Waals surface area (Å²) in [5, 5.41) is 5.61. The van der Waals surface area contributed by atoms with Gasteiger partial charge in [0, 0.05) is 50.5 Å². The highest BCUT2D eigenvalue weighted by Crippen LogP contribution is 2.31. The molecule has 3 heterocycles. The van der Waals surface area contributed by atoms with E-state index in [1.54, 1.807) is 26.2 Å². The molecule has 0 spiro atoms. The van der Waals surface area contributed by atoms with Gasteiger partial charge in [-0.2, -0.15) is 8.78 Å². The van der Waals surface area contributed by atoms with Crippen molar-refractivity contribution in [1.29, 1.82) is 0 Å². The lowest BCUT2D eigenvalue weighted by molar-refractivity contribution is -0.114. The van der Waals surface area contributed by atoms with Crippen molar-refractivity contribution in [2.45, 2.75) is 33.3 Å². The van der Waals surface area contributed by atoms with E-state index in [2.05, 4.69) is 35.6 Å². The number of methoxy groups -OCH3 is 1. The fourth-order valence-electron chi connectivity index (χ4n) is 2.75. The Balaban J connectivity index is 2.08. The van der Waals surface area contributed by atoms with Gasteiger partial charge in [-0.3, -0.25) is 4.79 Å². The number of anilines is 3. The number of amides is 1. The second kappa shape index (κ2) is 9.04. The number of aromatic nitrogens is 5. The molecule has 31 heavy (non-hydrogen) atoms. The maximum Gasteiger partial charge on any atom is 0.303 e. The highest BCUT2D eigenvalue weighted by molar-refractivity contribution is 5.89. The maximum absolute atomic E-state index is 13.8. The predicted octanol–water partition coefficient (Wildman–Crippen LogP) is 3.60. The maximum atomic E-state index is 13.8. The van der Waals surface area contributed by atoms with Crippen LogP contribution in [-0.4, -0.2) is 37.9 Å². The largest absolute Gasteiger partial charge is 0.378 e. The number of alkyl halides is 2. The average Bonchev–Trinajstić information content (AvgIpc) is 2.67. The molecule has 3 rings (SSSR count). The van der Waals surface area contributed by atoms with Crippen molar-refractivity contribution < 1.29 is 18.3 Å². The van der Waals surface area contributed by atoms with Gasteiger partial charge in [0.05, 0.1) is 23.7 Å². The van der Waals surface area contributed by atoms with Crippen molar-refractivity contribution in [3.63, 3.8) is 0 Å². The second-order valence-electron chi connectivity index (χ2n) is 6.86. The van der Waals surface area contributed by atoms with E-state index in [-0.39, 0.29) is 24.1 Å². The van der Waals surface area contributed by atoms with Gasteiger partial charge in [0.1, 0.15) is 18.0 Å². The molecule has 3 aromatic heterocycles. The molecule has 0 bridgehead atoms. The van der Waals surface area contributed by atoms with Crippen molar-refractivity contribution in [2.75, 3.05) is 17.7 Å². The summed E-state index contributed by atoms with van der Waals surface area (Å²) in [6, 6.07) is 4.82. The number of aryl methyl sites for hydroxylation is 1. The van der Waals surface area contributed by atoms with E-state index in [0.29, 0.717) is 28.3 Å². The topological polar surface area (TPSA) is 115 Å². The van der Waals surface area contributed by atoms with E-state index in [1.165, 1.54) is 25.5 Å². The number of nitrogens with one attached hydrogen (secondary N) is 2. The Kier molecular flexibility index (Phi) is 6.44. The van der Waals surface area contributed by atoms with Gasteiger partial charge in [-0.25, -0.2) is 24.9 Å². The molecule has 11 heteroatoms. The lowest BCUT2D eigenvalue weighted by atomic mass is 10.1. The molecule has 9 nitrogen and oxygen atoms in total. The van der Waals surface area contributed by atoms with Crippen molar-refractivity contribution in [2.24, 2.45) is 0 Å². The van der Waals surface area contributed by atoms with Crippen LogP contribution < -0.4 is 10.6 Å². The average molecular weight is 429 g/mol. The van der Waals surface area contributed by atoms with Crippen molar-refractivity contribution in [3.05, 3.63) is 47.9 Å². The molecular weight excluding hydrogens is 408 g/mol. The third kappa shape index (κ3) is 5.72. The number of ether oxygens (including phenoxy) is 1. The number of hydrogen-bond acceptors (Lipinski definition) is 8. The number of rotatable bonds is 7. The minimum atomic E-state index is -3.20. The Morgan fingerprint density at radius 3 is 2.58 bits per heavy atom. The van der Waals surface area contributed by atoms with Crippen molar-refractivity contribution >= 4 is 23.2 Å². The molecule has 0 radical (unpaired) electrons. The molecule has 3 aromatic rings. The van der Waals surface area contributed by atoms with Gasteiger partial charge in [-0.1, -0.05) is 0 Å². The number of halogens is 2. The van der Waals surface area contributed by atoms with Crippen LogP contribution in [0.2, 0.25) is 0 Å². The summed E-state index contributed by atoms with van der Waals surface area (Å²) < 4.78 is 32.7. The lowest BCUT2D eigenvalue weighted by Crippen LogP contribution is -2.14. The smallest absolute Gasteiger partial charge is 0.303 e. The van der Waals surface area contributed by atoms with Crippen LogP contribution in [0.1, 0.15) is 31.1 Å².